The Morgan fingerprint density at radius 3 is 1.15 bits per heavy atom. The van der Waals surface area contributed by atoms with Gasteiger partial charge in [0, 0.05) is 16.7 Å². The zero-order valence-electron chi connectivity index (χ0n) is 51.8. The molecule has 0 radical (unpaired) electrons. The van der Waals surface area contributed by atoms with E-state index in [-0.39, 0.29) is 22.9 Å². The summed E-state index contributed by atoms with van der Waals surface area (Å²) in [6, 6.07) is 67.4. The van der Waals surface area contributed by atoms with Crippen LogP contribution >= 0.6 is 0 Å². The summed E-state index contributed by atoms with van der Waals surface area (Å²) in [6.07, 6.45) is 25.7. The van der Waals surface area contributed by atoms with Crippen LogP contribution in [0.5, 0.6) is 11.5 Å². The lowest BCUT2D eigenvalue weighted by Gasteiger charge is -2.45. The van der Waals surface area contributed by atoms with Crippen molar-refractivity contribution in [1.82, 2.24) is 0 Å². The van der Waals surface area contributed by atoms with Crippen LogP contribution in [-0.2, 0) is 31.5 Å². The first-order valence-electron chi connectivity index (χ1n) is 33.4. The lowest BCUT2D eigenvalue weighted by atomic mass is 9.58. The molecule has 0 aromatic heterocycles. The molecule has 0 amide bonds. The molecular formula is C80H96O5. The van der Waals surface area contributed by atoms with E-state index in [1.54, 1.807) is 0 Å². The third-order valence-electron chi connectivity index (χ3n) is 21.2. The third-order valence-corrected chi connectivity index (χ3v) is 21.2. The maximum absolute atomic E-state index is 11.1. The molecule has 5 fully saturated rings. The van der Waals surface area contributed by atoms with E-state index < -0.39 is 11.2 Å². The molecule has 85 heavy (non-hydrogen) atoms. The Morgan fingerprint density at radius 2 is 0.753 bits per heavy atom. The van der Waals surface area contributed by atoms with E-state index in [4.69, 9.17) is 18.9 Å². The molecule has 4 atom stereocenters. The summed E-state index contributed by atoms with van der Waals surface area (Å²) >= 11 is 0. The molecule has 1 N–H and O–H groups in total. The lowest BCUT2D eigenvalue weighted by Crippen LogP contribution is -2.39. The molecule has 0 spiro atoms. The fourth-order valence-corrected chi connectivity index (χ4v) is 16.2. The minimum atomic E-state index is -0.920. The molecule has 5 nitrogen and oxygen atoms in total. The van der Waals surface area contributed by atoms with E-state index in [0.29, 0.717) is 43.5 Å². The van der Waals surface area contributed by atoms with Crippen molar-refractivity contribution in [2.75, 3.05) is 26.4 Å². The van der Waals surface area contributed by atoms with Gasteiger partial charge in [0.15, 0.2) is 0 Å². The SMILES string of the molecule is CC(C)(O)c1ccc(C(c2ccc(OCC(COC(C)(C)c3ccc(C(c4ccc(OCC5CO5)cc4)(c4ccc(C5CCCCC5)cc4)C4CCCCC4)cc3)c3ccccc3)cc2)(c2ccc(C3CCCCC3)cc2)C2CCCCC2)cc1. The van der Waals surface area contributed by atoms with E-state index in [1.807, 2.05) is 13.8 Å². The van der Waals surface area contributed by atoms with E-state index in [0.717, 1.165) is 29.2 Å². The topological polar surface area (TPSA) is 60.5 Å². The molecule has 12 rings (SSSR count). The average molecular weight is 1140 g/mol. The van der Waals surface area contributed by atoms with Crippen LogP contribution in [0.3, 0.4) is 0 Å². The second-order valence-electron chi connectivity index (χ2n) is 27.5. The average Bonchev–Trinajstić information content (AvgIpc) is 1.42. The van der Waals surface area contributed by atoms with E-state index in [1.165, 1.54) is 178 Å². The Labute approximate surface area is 510 Å². The number of hydrogen-bond acceptors (Lipinski definition) is 5. The smallest absolute Gasteiger partial charge is 0.119 e. The summed E-state index contributed by atoms with van der Waals surface area (Å²) in [6.45, 7) is 10.6. The highest BCUT2D eigenvalue weighted by Gasteiger charge is 2.46. The zero-order valence-corrected chi connectivity index (χ0v) is 51.8. The van der Waals surface area contributed by atoms with Crippen LogP contribution in [0, 0.1) is 11.8 Å². The standard InChI is InChI=1S/C80H96O5/c1-77(2,81)64-38-42-70(43-39-64)79(66-26-16-8-17-27-66,68-34-30-61(31-35-68)58-20-10-5-11-21-58)72-46-50-74(51-47-72)82-54-63(60-24-14-7-15-25-60)55-85-78(3,4)65-40-44-71(45-41-65)80(67-28-18-9-19-29-67,73-48-52-75(53-49-73)83-56-76-57-84-76)69-36-32-62(33-37-69)59-22-12-6-13-23-59/h7,14-15,24-25,30-53,58-59,63,66-67,76,81H,5-6,8-13,16-23,26-29,54-57H2,1-4H3. The number of hydrogen-bond donors (Lipinski definition) is 1. The van der Waals surface area contributed by atoms with Gasteiger partial charge in [0.05, 0.1) is 31.0 Å². The van der Waals surface area contributed by atoms with Gasteiger partial charge in [0.1, 0.15) is 24.2 Å². The lowest BCUT2D eigenvalue weighted by molar-refractivity contribution is -0.0335. The molecule has 4 saturated carbocycles. The van der Waals surface area contributed by atoms with Gasteiger partial charge >= 0.3 is 0 Å². The Balaban J connectivity index is 0.816. The summed E-state index contributed by atoms with van der Waals surface area (Å²) in [7, 11) is 0. The summed E-state index contributed by atoms with van der Waals surface area (Å²) in [4.78, 5) is 0. The molecule has 5 aliphatic rings. The molecule has 0 bridgehead atoms. The number of benzene rings is 7. The maximum atomic E-state index is 11.1. The van der Waals surface area contributed by atoms with Crippen molar-refractivity contribution in [3.8, 4) is 11.5 Å². The Hall–Kier alpha value is -5.98. The predicted octanol–water partition coefficient (Wildman–Crippen LogP) is 19.7. The minimum Gasteiger partial charge on any atom is -0.493 e. The fourth-order valence-electron chi connectivity index (χ4n) is 16.2. The Morgan fingerprint density at radius 1 is 0.400 bits per heavy atom. The van der Waals surface area contributed by atoms with Crippen LogP contribution in [0.15, 0.2) is 176 Å². The van der Waals surface area contributed by atoms with Crippen molar-refractivity contribution in [3.63, 3.8) is 0 Å². The van der Waals surface area contributed by atoms with Crippen LogP contribution in [0.2, 0.25) is 0 Å². The van der Waals surface area contributed by atoms with E-state index in [2.05, 4.69) is 190 Å². The second-order valence-corrected chi connectivity index (χ2v) is 27.5. The van der Waals surface area contributed by atoms with Crippen molar-refractivity contribution in [2.45, 2.75) is 202 Å². The molecule has 4 unspecified atom stereocenters. The van der Waals surface area contributed by atoms with Gasteiger partial charge in [-0.3, -0.25) is 0 Å². The number of rotatable bonds is 22. The van der Waals surface area contributed by atoms with Crippen LogP contribution in [0.1, 0.15) is 235 Å². The van der Waals surface area contributed by atoms with Crippen molar-refractivity contribution in [3.05, 3.63) is 237 Å². The molecule has 446 valence electrons. The summed E-state index contributed by atoms with van der Waals surface area (Å²) < 4.78 is 25.8. The molecule has 4 aliphatic carbocycles. The van der Waals surface area contributed by atoms with Crippen molar-refractivity contribution in [2.24, 2.45) is 11.8 Å². The van der Waals surface area contributed by atoms with Gasteiger partial charge in [0.25, 0.3) is 0 Å². The van der Waals surface area contributed by atoms with Crippen LogP contribution in [-0.4, -0.2) is 37.6 Å². The largest absolute Gasteiger partial charge is 0.493 e. The number of aliphatic hydroxyl groups is 1. The van der Waals surface area contributed by atoms with Crippen LogP contribution < -0.4 is 9.47 Å². The molecule has 7 aromatic carbocycles. The second kappa shape index (κ2) is 26.6. The summed E-state index contributed by atoms with van der Waals surface area (Å²) in [5.41, 5.74) is 12.1. The maximum Gasteiger partial charge on any atom is 0.119 e. The van der Waals surface area contributed by atoms with Gasteiger partial charge in [-0.05, 0) is 188 Å². The quantitative estimate of drug-likeness (QED) is 0.0541. The third kappa shape index (κ3) is 13.2. The van der Waals surface area contributed by atoms with Gasteiger partial charge in [0.2, 0.25) is 0 Å². The van der Waals surface area contributed by atoms with Gasteiger partial charge in [-0.25, -0.2) is 0 Å². The van der Waals surface area contributed by atoms with Crippen molar-refractivity contribution < 1.29 is 24.1 Å². The summed E-state index contributed by atoms with van der Waals surface area (Å²) in [5.74, 6) is 3.95. The van der Waals surface area contributed by atoms with E-state index in [9.17, 15) is 5.11 Å². The highest BCUT2D eigenvalue weighted by molar-refractivity contribution is 5.56. The predicted molar refractivity (Wildman–Crippen MR) is 347 cm³/mol. The van der Waals surface area contributed by atoms with Crippen LogP contribution in [0.25, 0.3) is 0 Å². The number of epoxide rings is 1. The van der Waals surface area contributed by atoms with Gasteiger partial charge in [-0.1, -0.05) is 229 Å². The molecule has 5 heteroatoms. The number of ether oxygens (including phenoxy) is 4. The molecule has 1 aliphatic heterocycles. The van der Waals surface area contributed by atoms with E-state index >= 15 is 0 Å². The first-order chi connectivity index (χ1) is 41.5. The normalized spacial score (nSPS) is 20.5. The fraction of sp³-hybridized carbons (Fsp3) is 0.475. The van der Waals surface area contributed by atoms with Gasteiger partial charge < -0.3 is 24.1 Å². The molecular weight excluding hydrogens is 1040 g/mol. The minimum absolute atomic E-state index is 0.00277. The Kier molecular flexibility index (Phi) is 18.5. The zero-order chi connectivity index (χ0) is 58.3. The van der Waals surface area contributed by atoms with Gasteiger partial charge in [-0.2, -0.15) is 0 Å². The first kappa shape index (κ1) is 59.4. The Bertz CT molecular complexity index is 3170. The highest BCUT2D eigenvalue weighted by Crippen LogP contribution is 2.54. The van der Waals surface area contributed by atoms with Crippen molar-refractivity contribution in [1.29, 1.82) is 0 Å². The highest BCUT2D eigenvalue weighted by atomic mass is 16.6. The molecule has 1 saturated heterocycles. The molecule has 1 heterocycles. The summed E-state index contributed by atoms with van der Waals surface area (Å²) in [5, 5.41) is 11.1. The van der Waals surface area contributed by atoms with Crippen molar-refractivity contribution >= 4 is 0 Å². The monoisotopic (exact) mass is 1140 g/mol. The van der Waals surface area contributed by atoms with Crippen LogP contribution in [0.4, 0.5) is 0 Å². The molecule has 7 aromatic rings. The first-order valence-corrected chi connectivity index (χ1v) is 33.4. The van der Waals surface area contributed by atoms with Gasteiger partial charge in [-0.15, -0.1) is 0 Å².